The van der Waals surface area contributed by atoms with Gasteiger partial charge in [-0.3, -0.25) is 9.59 Å². The number of ether oxygens (including phenoxy) is 1. The Morgan fingerprint density at radius 2 is 1.88 bits per heavy atom. The average Bonchev–Trinajstić information content (AvgIpc) is 2.92. The van der Waals surface area contributed by atoms with Gasteiger partial charge >= 0.3 is 5.97 Å². The molecular weight excluding hydrogens is 306 g/mol. The first-order chi connectivity index (χ1) is 11.4. The molecule has 2 aromatic rings. The lowest BCUT2D eigenvalue weighted by Gasteiger charge is -2.17. The van der Waals surface area contributed by atoms with Crippen molar-refractivity contribution in [2.45, 2.75) is 26.7 Å². The van der Waals surface area contributed by atoms with Crippen molar-refractivity contribution in [1.29, 1.82) is 0 Å². The Balaban J connectivity index is 2.00. The van der Waals surface area contributed by atoms with Gasteiger partial charge in [0, 0.05) is 31.3 Å². The van der Waals surface area contributed by atoms with E-state index in [9.17, 15) is 9.59 Å². The van der Waals surface area contributed by atoms with Gasteiger partial charge in [0.15, 0.2) is 0 Å². The second-order valence-electron chi connectivity index (χ2n) is 5.79. The highest BCUT2D eigenvalue weighted by Crippen LogP contribution is 2.14. The number of methoxy groups -OCH3 is 1. The number of esters is 1. The summed E-state index contributed by atoms with van der Waals surface area (Å²) >= 11 is 0. The average molecular weight is 329 g/mol. The molecule has 0 spiro atoms. The van der Waals surface area contributed by atoms with E-state index >= 15 is 0 Å². The van der Waals surface area contributed by atoms with Crippen LogP contribution in [0.5, 0.6) is 0 Å². The normalized spacial score (nSPS) is 10.5. The number of hydrogen-bond acceptors (Lipinski definition) is 4. The smallest absolute Gasteiger partial charge is 0.305 e. The van der Waals surface area contributed by atoms with Crippen molar-refractivity contribution >= 4 is 11.9 Å². The Hall–Kier alpha value is -2.63. The van der Waals surface area contributed by atoms with Gasteiger partial charge in [-0.1, -0.05) is 0 Å². The first-order valence-corrected chi connectivity index (χ1v) is 7.88. The summed E-state index contributed by atoms with van der Waals surface area (Å²) in [6.45, 7) is 4.45. The van der Waals surface area contributed by atoms with Crippen molar-refractivity contribution in [3.8, 4) is 5.69 Å². The Morgan fingerprint density at radius 3 is 2.42 bits per heavy atom. The second kappa shape index (κ2) is 7.77. The summed E-state index contributed by atoms with van der Waals surface area (Å²) in [5.74, 6) is -0.329. The highest BCUT2D eigenvalue weighted by atomic mass is 16.5. The van der Waals surface area contributed by atoms with Gasteiger partial charge in [-0.05, 0) is 50.6 Å². The van der Waals surface area contributed by atoms with E-state index in [0.717, 1.165) is 17.1 Å². The SMILES string of the molecule is COC(=O)CCCN(C)C(=O)c1ccc(-n2nc(C)cc2C)cc1. The van der Waals surface area contributed by atoms with Crippen LogP contribution in [-0.4, -0.2) is 47.3 Å². The van der Waals surface area contributed by atoms with E-state index in [2.05, 4.69) is 9.84 Å². The highest BCUT2D eigenvalue weighted by Gasteiger charge is 2.13. The minimum atomic E-state index is -0.259. The van der Waals surface area contributed by atoms with E-state index in [1.54, 1.807) is 24.1 Å². The predicted octanol–water partition coefficient (Wildman–Crippen LogP) is 2.51. The van der Waals surface area contributed by atoms with Gasteiger partial charge in [0.05, 0.1) is 18.5 Å². The Morgan fingerprint density at radius 1 is 1.21 bits per heavy atom. The van der Waals surface area contributed by atoms with Crippen molar-refractivity contribution in [2.24, 2.45) is 0 Å². The quantitative estimate of drug-likeness (QED) is 0.764. The molecule has 0 saturated carbocycles. The van der Waals surface area contributed by atoms with Gasteiger partial charge in [-0.15, -0.1) is 0 Å². The van der Waals surface area contributed by atoms with Crippen LogP contribution in [0.1, 0.15) is 34.6 Å². The molecule has 0 atom stereocenters. The molecule has 1 amide bonds. The molecule has 0 N–H and O–H groups in total. The van der Waals surface area contributed by atoms with Crippen LogP contribution in [0.3, 0.4) is 0 Å². The molecule has 0 aliphatic heterocycles. The molecule has 0 bridgehead atoms. The number of rotatable bonds is 6. The summed E-state index contributed by atoms with van der Waals surface area (Å²) in [5.41, 5.74) is 3.54. The van der Waals surface area contributed by atoms with Crippen LogP contribution in [0, 0.1) is 13.8 Å². The molecule has 1 heterocycles. The molecule has 0 aliphatic rings. The molecule has 6 heteroatoms. The highest BCUT2D eigenvalue weighted by molar-refractivity contribution is 5.94. The molecule has 128 valence electrons. The molecule has 6 nitrogen and oxygen atoms in total. The third kappa shape index (κ3) is 4.22. The summed E-state index contributed by atoms with van der Waals surface area (Å²) in [7, 11) is 3.09. The first kappa shape index (κ1) is 17.7. The lowest BCUT2D eigenvalue weighted by atomic mass is 10.1. The lowest BCUT2D eigenvalue weighted by molar-refractivity contribution is -0.140. The third-order valence-electron chi connectivity index (χ3n) is 3.82. The van der Waals surface area contributed by atoms with Crippen LogP contribution < -0.4 is 0 Å². The summed E-state index contributed by atoms with van der Waals surface area (Å²) in [5, 5.41) is 4.43. The van der Waals surface area contributed by atoms with Crippen LogP contribution in [0.25, 0.3) is 5.69 Å². The predicted molar refractivity (Wildman–Crippen MR) is 91.2 cm³/mol. The summed E-state index contributed by atoms with van der Waals surface area (Å²) < 4.78 is 6.44. The number of aryl methyl sites for hydroxylation is 2. The van der Waals surface area contributed by atoms with Crippen LogP contribution in [0.4, 0.5) is 0 Å². The molecule has 0 radical (unpaired) electrons. The molecule has 2 rings (SSSR count). The van der Waals surface area contributed by atoms with E-state index in [-0.39, 0.29) is 11.9 Å². The Bertz CT molecular complexity index is 720. The van der Waals surface area contributed by atoms with Crippen molar-refractivity contribution in [3.63, 3.8) is 0 Å². The summed E-state index contributed by atoms with van der Waals surface area (Å²) in [4.78, 5) is 25.1. The minimum absolute atomic E-state index is 0.0696. The van der Waals surface area contributed by atoms with Gasteiger partial charge in [-0.2, -0.15) is 5.10 Å². The van der Waals surface area contributed by atoms with Gasteiger partial charge in [0.25, 0.3) is 5.91 Å². The minimum Gasteiger partial charge on any atom is -0.469 e. The number of hydrogen-bond donors (Lipinski definition) is 0. The maximum atomic E-state index is 12.4. The van der Waals surface area contributed by atoms with Crippen LogP contribution in [0.2, 0.25) is 0 Å². The Kier molecular flexibility index (Phi) is 5.73. The largest absolute Gasteiger partial charge is 0.469 e. The number of amides is 1. The molecule has 0 unspecified atom stereocenters. The van der Waals surface area contributed by atoms with Gasteiger partial charge in [-0.25, -0.2) is 4.68 Å². The topological polar surface area (TPSA) is 64.4 Å². The molecule has 1 aromatic carbocycles. The van der Waals surface area contributed by atoms with Gasteiger partial charge in [0.1, 0.15) is 0 Å². The van der Waals surface area contributed by atoms with Crippen molar-refractivity contribution < 1.29 is 14.3 Å². The number of nitrogens with zero attached hydrogens (tertiary/aromatic N) is 3. The van der Waals surface area contributed by atoms with Crippen LogP contribution >= 0.6 is 0 Å². The zero-order chi connectivity index (χ0) is 17.7. The fourth-order valence-corrected chi connectivity index (χ4v) is 2.52. The molecule has 24 heavy (non-hydrogen) atoms. The van der Waals surface area contributed by atoms with E-state index in [1.807, 2.05) is 36.7 Å². The van der Waals surface area contributed by atoms with E-state index in [0.29, 0.717) is 24.9 Å². The molecule has 0 saturated heterocycles. The molecule has 0 aliphatic carbocycles. The van der Waals surface area contributed by atoms with Crippen molar-refractivity contribution in [3.05, 3.63) is 47.3 Å². The number of carbonyl (C=O) groups excluding carboxylic acids is 2. The lowest BCUT2D eigenvalue weighted by Crippen LogP contribution is -2.28. The monoisotopic (exact) mass is 329 g/mol. The fraction of sp³-hybridized carbons (Fsp3) is 0.389. The standard InChI is InChI=1S/C18H23N3O3/c1-13-12-14(2)21(19-13)16-9-7-15(8-10-16)18(23)20(3)11-5-6-17(22)24-4/h7-10,12H,5-6,11H2,1-4H3. The zero-order valence-electron chi connectivity index (χ0n) is 14.6. The fourth-order valence-electron chi connectivity index (χ4n) is 2.52. The molecule has 1 aromatic heterocycles. The number of benzene rings is 1. The molecule has 0 fully saturated rings. The third-order valence-corrected chi connectivity index (χ3v) is 3.82. The maximum absolute atomic E-state index is 12.4. The van der Waals surface area contributed by atoms with E-state index in [4.69, 9.17) is 0 Å². The summed E-state index contributed by atoms with van der Waals surface area (Å²) in [6.07, 6.45) is 0.893. The van der Waals surface area contributed by atoms with Crippen molar-refractivity contribution in [2.75, 3.05) is 20.7 Å². The van der Waals surface area contributed by atoms with Gasteiger partial charge < -0.3 is 9.64 Å². The van der Waals surface area contributed by atoms with Crippen LogP contribution in [-0.2, 0) is 9.53 Å². The van der Waals surface area contributed by atoms with E-state index < -0.39 is 0 Å². The molecular formula is C18H23N3O3. The maximum Gasteiger partial charge on any atom is 0.305 e. The first-order valence-electron chi connectivity index (χ1n) is 7.88. The van der Waals surface area contributed by atoms with E-state index in [1.165, 1.54) is 7.11 Å². The summed E-state index contributed by atoms with van der Waals surface area (Å²) in [6, 6.07) is 9.37. The zero-order valence-corrected chi connectivity index (χ0v) is 14.6. The Labute approximate surface area is 142 Å². The second-order valence-corrected chi connectivity index (χ2v) is 5.79. The van der Waals surface area contributed by atoms with Gasteiger partial charge in [0.2, 0.25) is 0 Å². The number of carbonyl (C=O) groups is 2. The van der Waals surface area contributed by atoms with Crippen molar-refractivity contribution in [1.82, 2.24) is 14.7 Å². The van der Waals surface area contributed by atoms with Crippen LogP contribution in [0.15, 0.2) is 30.3 Å². The number of aromatic nitrogens is 2.